The molecule has 0 fully saturated rings. The highest BCUT2D eigenvalue weighted by Gasteiger charge is 2.25. The molecule has 3 aromatic carbocycles. The fourth-order valence-electron chi connectivity index (χ4n) is 6.02. The smallest absolute Gasteiger partial charge is 0.269 e. The van der Waals surface area contributed by atoms with Gasteiger partial charge in [-0.1, -0.05) is 29.8 Å². The van der Waals surface area contributed by atoms with Crippen molar-refractivity contribution in [2.75, 3.05) is 27.2 Å². The minimum atomic E-state index is -3.99. The van der Waals surface area contributed by atoms with Crippen LogP contribution in [0.25, 0.3) is 33.5 Å². The summed E-state index contributed by atoms with van der Waals surface area (Å²) in [6.45, 7) is 7.75. The van der Waals surface area contributed by atoms with Gasteiger partial charge in [-0.3, -0.25) is 4.79 Å². The first-order valence-electron chi connectivity index (χ1n) is 15.0. The van der Waals surface area contributed by atoms with Crippen molar-refractivity contribution in [1.29, 1.82) is 0 Å². The van der Waals surface area contributed by atoms with E-state index in [1.54, 1.807) is 74.9 Å². The van der Waals surface area contributed by atoms with Crippen molar-refractivity contribution in [3.05, 3.63) is 101 Å². The Bertz CT molecular complexity index is 2020. The Balaban J connectivity index is 1.49. The minimum Gasteiger partial charge on any atom is -0.392 e. The van der Waals surface area contributed by atoms with Crippen molar-refractivity contribution < 1.29 is 18.3 Å². The lowest BCUT2D eigenvalue weighted by Crippen LogP contribution is -2.32. The summed E-state index contributed by atoms with van der Waals surface area (Å²) in [7, 11) is -0.234. The quantitative estimate of drug-likeness (QED) is 0.270. The van der Waals surface area contributed by atoms with Crippen LogP contribution < -0.4 is 0 Å². The van der Waals surface area contributed by atoms with Crippen LogP contribution in [0.4, 0.5) is 0 Å². The minimum absolute atomic E-state index is 0.152. The zero-order chi connectivity index (χ0) is 32.0. The lowest BCUT2D eigenvalue weighted by Gasteiger charge is -2.27. The first-order valence-corrected chi connectivity index (χ1v) is 16.4. The van der Waals surface area contributed by atoms with Gasteiger partial charge in [-0.15, -0.1) is 0 Å². The first-order chi connectivity index (χ1) is 21.4. The highest BCUT2D eigenvalue weighted by molar-refractivity contribution is 7.90. The summed E-state index contributed by atoms with van der Waals surface area (Å²) in [4.78, 5) is 26.6. The Morgan fingerprint density at radius 2 is 1.76 bits per heavy atom. The number of carbonyl (C=O) groups is 1. The van der Waals surface area contributed by atoms with E-state index in [0.29, 0.717) is 27.9 Å². The van der Waals surface area contributed by atoms with Gasteiger partial charge in [0.1, 0.15) is 5.52 Å². The molecule has 1 atom stereocenters. The van der Waals surface area contributed by atoms with Crippen LogP contribution >= 0.6 is 0 Å². The van der Waals surface area contributed by atoms with Crippen molar-refractivity contribution in [1.82, 2.24) is 23.7 Å². The number of carbonyl (C=O) groups excluding carboxylic acids is 1. The average Bonchev–Trinajstić information content (AvgIpc) is 3.40. The third-order valence-corrected chi connectivity index (χ3v) is 10.1. The summed E-state index contributed by atoms with van der Waals surface area (Å²) < 4.78 is 29.0. The number of nitrogens with zero attached hydrogens (tertiary/aromatic N) is 5. The maximum absolute atomic E-state index is 13.9. The van der Waals surface area contributed by atoms with E-state index in [0.717, 1.165) is 30.6 Å². The Kier molecular flexibility index (Phi) is 8.07. The predicted octanol–water partition coefficient (Wildman–Crippen LogP) is 5.06. The van der Waals surface area contributed by atoms with Crippen LogP contribution in [0.15, 0.2) is 78.0 Å². The van der Waals surface area contributed by atoms with Crippen molar-refractivity contribution in [3.63, 3.8) is 0 Å². The standard InChI is InChI=1S/C35H37N5O4S/c1-22-6-12-29(13-7-22)45(43,44)40-21-31(25-8-10-26(11-9-25)35(42)39(5)19-24(3)41)33-34(40)36-18-32(37-33)27-16-23(2)30-14-15-38(4)20-28(30)17-27/h6-13,16-18,21,24,41H,14-15,19-20H2,1-5H3/t24-/m1/s1. The van der Waals surface area contributed by atoms with Gasteiger partial charge in [0.2, 0.25) is 0 Å². The molecule has 5 aromatic rings. The number of aromatic nitrogens is 3. The van der Waals surface area contributed by atoms with E-state index in [1.165, 1.54) is 25.6 Å². The summed E-state index contributed by atoms with van der Waals surface area (Å²) in [5.41, 5.74) is 8.79. The average molecular weight is 624 g/mol. The van der Waals surface area contributed by atoms with Crippen LogP contribution in [0, 0.1) is 13.8 Å². The third kappa shape index (κ3) is 5.88. The summed E-state index contributed by atoms with van der Waals surface area (Å²) in [5, 5.41) is 9.71. The van der Waals surface area contributed by atoms with Gasteiger partial charge < -0.3 is 14.9 Å². The highest BCUT2D eigenvalue weighted by atomic mass is 32.2. The Morgan fingerprint density at radius 3 is 2.44 bits per heavy atom. The van der Waals surface area contributed by atoms with Gasteiger partial charge in [0.15, 0.2) is 5.65 Å². The highest BCUT2D eigenvalue weighted by Crippen LogP contribution is 2.34. The molecule has 0 aliphatic carbocycles. The molecule has 45 heavy (non-hydrogen) atoms. The molecular weight excluding hydrogens is 586 g/mol. The second-order valence-electron chi connectivity index (χ2n) is 12.1. The summed E-state index contributed by atoms with van der Waals surface area (Å²) in [5.74, 6) is -0.220. The van der Waals surface area contributed by atoms with E-state index >= 15 is 0 Å². The number of hydrogen-bond acceptors (Lipinski definition) is 7. The largest absolute Gasteiger partial charge is 0.392 e. The second-order valence-corrected chi connectivity index (χ2v) is 13.9. The summed E-state index contributed by atoms with van der Waals surface area (Å²) in [6.07, 6.45) is 3.56. The van der Waals surface area contributed by atoms with E-state index in [4.69, 9.17) is 9.97 Å². The Labute approximate surface area is 263 Å². The molecule has 0 bridgehead atoms. The molecular formula is C35H37N5O4S. The van der Waals surface area contributed by atoms with Crippen molar-refractivity contribution in [2.45, 2.75) is 44.7 Å². The van der Waals surface area contributed by atoms with Gasteiger partial charge in [0, 0.05) is 49.6 Å². The summed E-state index contributed by atoms with van der Waals surface area (Å²) in [6, 6.07) is 18.0. The van der Waals surface area contributed by atoms with Crippen LogP contribution in [0.2, 0.25) is 0 Å². The molecule has 0 spiro atoms. The molecule has 0 saturated carbocycles. The molecule has 1 amide bonds. The maximum Gasteiger partial charge on any atom is 0.269 e. The van der Waals surface area contributed by atoms with Gasteiger partial charge in [-0.05, 0) is 92.9 Å². The number of hydrogen-bond donors (Lipinski definition) is 1. The predicted molar refractivity (Wildman–Crippen MR) is 176 cm³/mol. The van der Waals surface area contributed by atoms with Crippen molar-refractivity contribution in [2.24, 2.45) is 0 Å². The second kappa shape index (κ2) is 11.8. The normalized spacial score (nSPS) is 14.4. The number of fused-ring (bicyclic) bond motifs is 2. The van der Waals surface area contributed by atoms with Gasteiger partial charge in [0.05, 0.1) is 22.9 Å². The van der Waals surface area contributed by atoms with Gasteiger partial charge in [-0.25, -0.2) is 22.4 Å². The fraction of sp³-hybridized carbons (Fsp3) is 0.286. The van der Waals surface area contributed by atoms with Crippen LogP contribution in [-0.4, -0.2) is 76.5 Å². The van der Waals surface area contributed by atoms with Crippen molar-refractivity contribution >= 4 is 27.1 Å². The van der Waals surface area contributed by atoms with Gasteiger partial charge in [-0.2, -0.15) is 0 Å². The number of rotatable bonds is 7. The monoisotopic (exact) mass is 623 g/mol. The molecule has 1 aliphatic rings. The third-order valence-electron chi connectivity index (χ3n) is 8.41. The molecule has 9 nitrogen and oxygen atoms in total. The molecule has 0 saturated heterocycles. The lowest BCUT2D eigenvalue weighted by molar-refractivity contribution is 0.0703. The van der Waals surface area contributed by atoms with E-state index in [2.05, 4.69) is 31.0 Å². The number of aryl methyl sites for hydroxylation is 2. The number of aliphatic hydroxyl groups is 1. The molecule has 0 radical (unpaired) electrons. The summed E-state index contributed by atoms with van der Waals surface area (Å²) >= 11 is 0. The Hall–Kier alpha value is -4.38. The zero-order valence-electron chi connectivity index (χ0n) is 26.2. The van der Waals surface area contributed by atoms with Crippen LogP contribution in [-0.2, 0) is 23.0 Å². The SMILES string of the molecule is Cc1ccc(S(=O)(=O)n2cc(-c3ccc(C(=O)N(C)C[C@@H](C)O)cc3)c3nc(-c4cc(C)c5c(c4)CN(C)CC5)cnc32)cc1. The van der Waals surface area contributed by atoms with Gasteiger partial charge in [0.25, 0.3) is 15.9 Å². The molecule has 10 heteroatoms. The number of likely N-dealkylation sites (N-methyl/N-ethyl adjacent to an activating group) is 2. The van der Waals surface area contributed by atoms with Crippen LogP contribution in [0.5, 0.6) is 0 Å². The Morgan fingerprint density at radius 1 is 1.04 bits per heavy atom. The number of aliphatic hydroxyl groups excluding tert-OH is 1. The zero-order valence-corrected chi connectivity index (χ0v) is 27.0. The molecule has 232 valence electrons. The molecule has 1 aliphatic heterocycles. The van der Waals surface area contributed by atoms with E-state index < -0.39 is 16.1 Å². The maximum atomic E-state index is 13.9. The van der Waals surface area contributed by atoms with E-state index in [-0.39, 0.29) is 23.0 Å². The molecule has 6 rings (SSSR count). The van der Waals surface area contributed by atoms with Crippen LogP contribution in [0.1, 0.15) is 39.5 Å². The van der Waals surface area contributed by atoms with Crippen molar-refractivity contribution in [3.8, 4) is 22.4 Å². The van der Waals surface area contributed by atoms with Gasteiger partial charge >= 0.3 is 0 Å². The first kappa shape index (κ1) is 30.6. The topological polar surface area (TPSA) is 109 Å². The number of amides is 1. The lowest BCUT2D eigenvalue weighted by atomic mass is 9.92. The van der Waals surface area contributed by atoms with E-state index in [1.807, 2.05) is 6.92 Å². The fourth-order valence-corrected chi connectivity index (χ4v) is 7.34. The molecule has 1 N–H and O–H groups in total. The van der Waals surface area contributed by atoms with E-state index in [9.17, 15) is 18.3 Å². The molecule has 3 heterocycles. The molecule has 2 aromatic heterocycles. The van der Waals surface area contributed by atoms with Crippen LogP contribution in [0.3, 0.4) is 0 Å². The molecule has 0 unspecified atom stereocenters. The number of benzene rings is 3.